The number of fused-ring (bicyclic) bond motifs is 1. The maximum atomic E-state index is 12.5. The molecule has 0 saturated heterocycles. The maximum Gasteiger partial charge on any atom is 0.306 e. The molecule has 9 nitrogen and oxygen atoms in total. The number of unbranched alkanes of at least 4 members (excludes halogenated alkanes) is 2. The average Bonchev–Trinajstić information content (AvgIpc) is 2.96. The number of hydrogen-bond acceptors (Lipinski definition) is 6. The lowest BCUT2D eigenvalue weighted by Crippen LogP contribution is -2.38. The molecule has 0 aromatic heterocycles. The first-order valence-corrected chi connectivity index (χ1v) is 11.0. The molecule has 1 aliphatic rings. The number of benzene rings is 1. The fraction of sp³-hybridized carbons (Fsp3) is 0.526. The Labute approximate surface area is 170 Å². The number of esters is 1. The van der Waals surface area contributed by atoms with Crippen LogP contribution < -0.4 is 15.4 Å². The van der Waals surface area contributed by atoms with Gasteiger partial charge in [0.15, 0.2) is 6.61 Å². The SMILES string of the molecule is CC(=O)NCCCCCC(=O)OCC(=O)N1c2ccc(S(N)(=O)=O)cc2CC1C. The van der Waals surface area contributed by atoms with Crippen LogP contribution in [0, 0.1) is 0 Å². The van der Waals surface area contributed by atoms with Crippen molar-refractivity contribution in [2.45, 2.75) is 56.9 Å². The molecule has 0 saturated carbocycles. The van der Waals surface area contributed by atoms with Gasteiger partial charge in [-0.2, -0.15) is 0 Å². The molecule has 0 aliphatic carbocycles. The molecule has 1 atom stereocenters. The molecular formula is C19H27N3O6S. The van der Waals surface area contributed by atoms with Gasteiger partial charge < -0.3 is 15.0 Å². The molecule has 29 heavy (non-hydrogen) atoms. The molecule has 0 spiro atoms. The van der Waals surface area contributed by atoms with E-state index in [1.54, 1.807) is 6.07 Å². The average molecular weight is 426 g/mol. The van der Waals surface area contributed by atoms with E-state index in [9.17, 15) is 22.8 Å². The summed E-state index contributed by atoms with van der Waals surface area (Å²) in [5, 5.41) is 7.84. The van der Waals surface area contributed by atoms with Crippen LogP contribution in [0.2, 0.25) is 0 Å². The molecule has 1 unspecified atom stereocenters. The van der Waals surface area contributed by atoms with Crippen molar-refractivity contribution in [1.82, 2.24) is 5.32 Å². The van der Waals surface area contributed by atoms with E-state index in [0.29, 0.717) is 30.6 Å². The van der Waals surface area contributed by atoms with E-state index in [2.05, 4.69) is 5.32 Å². The third-order valence-corrected chi connectivity index (χ3v) is 5.56. The summed E-state index contributed by atoms with van der Waals surface area (Å²) < 4.78 is 28.1. The number of nitrogens with two attached hydrogens (primary N) is 1. The molecule has 2 amide bonds. The quantitative estimate of drug-likeness (QED) is 0.445. The van der Waals surface area contributed by atoms with Gasteiger partial charge >= 0.3 is 5.97 Å². The number of ether oxygens (including phenoxy) is 1. The number of nitrogens with one attached hydrogen (secondary N) is 1. The van der Waals surface area contributed by atoms with Gasteiger partial charge in [-0.25, -0.2) is 13.6 Å². The number of carbonyl (C=O) groups excluding carboxylic acids is 3. The predicted molar refractivity (Wildman–Crippen MR) is 107 cm³/mol. The highest BCUT2D eigenvalue weighted by Gasteiger charge is 2.32. The van der Waals surface area contributed by atoms with Gasteiger partial charge in [0.1, 0.15) is 0 Å². The van der Waals surface area contributed by atoms with E-state index in [4.69, 9.17) is 9.88 Å². The van der Waals surface area contributed by atoms with E-state index in [1.165, 1.54) is 24.0 Å². The molecule has 3 N–H and O–H groups in total. The summed E-state index contributed by atoms with van der Waals surface area (Å²) in [7, 11) is -3.81. The van der Waals surface area contributed by atoms with Gasteiger partial charge in [0.25, 0.3) is 5.91 Å². The van der Waals surface area contributed by atoms with Gasteiger partial charge in [0.2, 0.25) is 15.9 Å². The van der Waals surface area contributed by atoms with Gasteiger partial charge in [-0.05, 0) is 49.9 Å². The summed E-state index contributed by atoms with van der Waals surface area (Å²) in [6.07, 6.45) is 2.86. The number of rotatable bonds is 9. The zero-order valence-electron chi connectivity index (χ0n) is 16.6. The lowest BCUT2D eigenvalue weighted by Gasteiger charge is -2.22. The number of sulfonamides is 1. The van der Waals surface area contributed by atoms with E-state index >= 15 is 0 Å². The molecule has 1 heterocycles. The molecule has 0 radical (unpaired) electrons. The topological polar surface area (TPSA) is 136 Å². The Morgan fingerprint density at radius 1 is 1.24 bits per heavy atom. The van der Waals surface area contributed by atoms with Crippen LogP contribution in [0.4, 0.5) is 5.69 Å². The molecule has 10 heteroatoms. The van der Waals surface area contributed by atoms with Gasteiger partial charge in [0.05, 0.1) is 4.90 Å². The molecular weight excluding hydrogens is 398 g/mol. The second-order valence-electron chi connectivity index (χ2n) is 7.11. The zero-order chi connectivity index (χ0) is 21.6. The second-order valence-corrected chi connectivity index (χ2v) is 8.67. The molecule has 160 valence electrons. The van der Waals surface area contributed by atoms with Crippen LogP contribution in [0.5, 0.6) is 0 Å². The summed E-state index contributed by atoms with van der Waals surface area (Å²) in [6, 6.07) is 4.20. The van der Waals surface area contributed by atoms with Gasteiger partial charge in [0, 0.05) is 31.6 Å². The third-order valence-electron chi connectivity index (χ3n) is 4.65. The number of anilines is 1. The minimum Gasteiger partial charge on any atom is -0.456 e. The summed E-state index contributed by atoms with van der Waals surface area (Å²) in [5.41, 5.74) is 1.31. The number of carbonyl (C=O) groups is 3. The Hall–Kier alpha value is -2.46. The van der Waals surface area contributed by atoms with Gasteiger partial charge in [-0.1, -0.05) is 6.42 Å². The standard InChI is InChI=1S/C19H27N3O6S/c1-13-10-15-11-16(29(20,26)27)7-8-17(15)22(13)18(24)12-28-19(25)6-4-3-5-9-21-14(2)23/h7-8,11,13H,3-6,9-10,12H2,1-2H3,(H,21,23)(H2,20,26,27). The van der Waals surface area contributed by atoms with Gasteiger partial charge in [-0.15, -0.1) is 0 Å². The first-order chi connectivity index (χ1) is 13.6. The second kappa shape index (κ2) is 9.84. The number of primary sulfonamides is 1. The van der Waals surface area contributed by atoms with Crippen LogP contribution >= 0.6 is 0 Å². The summed E-state index contributed by atoms with van der Waals surface area (Å²) in [5.74, 6) is -0.894. The van der Waals surface area contributed by atoms with Crippen LogP contribution in [0.15, 0.2) is 23.1 Å². The lowest BCUT2D eigenvalue weighted by atomic mass is 10.1. The van der Waals surface area contributed by atoms with Crippen LogP contribution in [0.1, 0.15) is 45.1 Å². The zero-order valence-corrected chi connectivity index (χ0v) is 17.5. The molecule has 0 fully saturated rings. The first-order valence-electron chi connectivity index (χ1n) is 9.47. The van der Waals surface area contributed by atoms with Crippen molar-refractivity contribution in [3.63, 3.8) is 0 Å². The maximum absolute atomic E-state index is 12.5. The highest BCUT2D eigenvalue weighted by molar-refractivity contribution is 7.89. The van der Waals surface area contributed by atoms with Crippen LogP contribution in [0.3, 0.4) is 0 Å². The fourth-order valence-electron chi connectivity index (χ4n) is 3.28. The predicted octanol–water partition coefficient (Wildman–Crippen LogP) is 0.851. The number of amides is 2. The molecule has 0 bridgehead atoms. The Morgan fingerprint density at radius 2 is 1.97 bits per heavy atom. The monoisotopic (exact) mass is 425 g/mol. The molecule has 1 aromatic carbocycles. The first kappa shape index (κ1) is 22.8. The van der Waals surface area contributed by atoms with E-state index in [0.717, 1.165) is 12.8 Å². The van der Waals surface area contributed by atoms with Crippen molar-refractivity contribution in [2.75, 3.05) is 18.1 Å². The fourth-order valence-corrected chi connectivity index (χ4v) is 3.85. The minimum atomic E-state index is -3.81. The van der Waals surface area contributed by atoms with Crippen molar-refractivity contribution in [3.05, 3.63) is 23.8 Å². The summed E-state index contributed by atoms with van der Waals surface area (Å²) in [6.45, 7) is 3.49. The van der Waals surface area contributed by atoms with Crippen molar-refractivity contribution in [2.24, 2.45) is 5.14 Å². The lowest BCUT2D eigenvalue weighted by molar-refractivity contribution is -0.148. The molecule has 1 aromatic rings. The normalized spacial score (nSPS) is 15.7. The Morgan fingerprint density at radius 3 is 2.62 bits per heavy atom. The van der Waals surface area contributed by atoms with E-state index in [1.807, 2.05) is 6.92 Å². The summed E-state index contributed by atoms with van der Waals surface area (Å²) >= 11 is 0. The van der Waals surface area contributed by atoms with Crippen molar-refractivity contribution in [3.8, 4) is 0 Å². The number of nitrogens with zero attached hydrogens (tertiary/aromatic N) is 1. The summed E-state index contributed by atoms with van der Waals surface area (Å²) in [4.78, 5) is 36.7. The van der Waals surface area contributed by atoms with Crippen LogP contribution in [-0.4, -0.2) is 45.4 Å². The van der Waals surface area contributed by atoms with Crippen molar-refractivity contribution < 1.29 is 27.5 Å². The van der Waals surface area contributed by atoms with Crippen LogP contribution in [0.25, 0.3) is 0 Å². The smallest absolute Gasteiger partial charge is 0.306 e. The highest BCUT2D eigenvalue weighted by Crippen LogP contribution is 2.33. The highest BCUT2D eigenvalue weighted by atomic mass is 32.2. The van der Waals surface area contributed by atoms with E-state index < -0.39 is 16.0 Å². The molecule has 1 aliphatic heterocycles. The Bertz CT molecular complexity index is 884. The minimum absolute atomic E-state index is 0.00248. The van der Waals surface area contributed by atoms with Crippen LogP contribution in [-0.2, 0) is 35.6 Å². The van der Waals surface area contributed by atoms with Crippen molar-refractivity contribution in [1.29, 1.82) is 0 Å². The van der Waals surface area contributed by atoms with Crippen molar-refractivity contribution >= 4 is 33.5 Å². The third kappa shape index (κ3) is 6.53. The largest absolute Gasteiger partial charge is 0.456 e. The molecule has 2 rings (SSSR count). The Balaban J connectivity index is 1.83. The number of hydrogen-bond donors (Lipinski definition) is 2. The van der Waals surface area contributed by atoms with E-state index in [-0.39, 0.29) is 35.8 Å². The Kier molecular flexibility index (Phi) is 7.74. The van der Waals surface area contributed by atoms with Gasteiger partial charge in [-0.3, -0.25) is 14.4 Å².